The van der Waals surface area contributed by atoms with Gasteiger partial charge in [-0.3, -0.25) is 9.59 Å². The molecule has 0 aromatic heterocycles. The molecule has 3 aromatic carbocycles. The van der Waals surface area contributed by atoms with Gasteiger partial charge in [-0.05, 0) is 31.5 Å². The molecule has 0 bridgehead atoms. The Morgan fingerprint density at radius 1 is 1.06 bits per heavy atom. The molecule has 1 amide bonds. The van der Waals surface area contributed by atoms with E-state index >= 15 is 0 Å². The van der Waals surface area contributed by atoms with E-state index in [0.717, 1.165) is 16.3 Å². The van der Waals surface area contributed by atoms with E-state index in [0.29, 0.717) is 52.5 Å². The summed E-state index contributed by atoms with van der Waals surface area (Å²) in [6.45, 7) is 5.08. The summed E-state index contributed by atoms with van der Waals surface area (Å²) < 4.78 is 12.6. The fourth-order valence-electron chi connectivity index (χ4n) is 3.99. The third-order valence-corrected chi connectivity index (χ3v) is 6.00. The summed E-state index contributed by atoms with van der Waals surface area (Å²) in [7, 11) is 0. The quantitative estimate of drug-likeness (QED) is 0.500. The van der Waals surface area contributed by atoms with Gasteiger partial charge in [0.25, 0.3) is 5.91 Å². The van der Waals surface area contributed by atoms with Gasteiger partial charge in [-0.2, -0.15) is 0 Å². The van der Waals surface area contributed by atoms with Crippen LogP contribution in [0, 0.1) is 0 Å². The van der Waals surface area contributed by atoms with Gasteiger partial charge in [0.1, 0.15) is 11.5 Å². The lowest BCUT2D eigenvalue weighted by atomic mass is 9.99. The predicted molar refractivity (Wildman–Crippen MR) is 122 cm³/mol. The highest BCUT2D eigenvalue weighted by Gasteiger charge is 2.36. The molecule has 0 aliphatic carbocycles. The van der Waals surface area contributed by atoms with Crippen LogP contribution in [0.2, 0.25) is 0 Å². The monoisotopic (exact) mass is 483 g/mol. The molecule has 0 radical (unpaired) electrons. The molecular formula is C24H22BrNO5. The van der Waals surface area contributed by atoms with Gasteiger partial charge >= 0.3 is 5.97 Å². The Morgan fingerprint density at radius 2 is 1.71 bits per heavy atom. The summed E-state index contributed by atoms with van der Waals surface area (Å²) in [5, 5.41) is 10.8. The Morgan fingerprint density at radius 3 is 2.32 bits per heavy atom. The minimum absolute atomic E-state index is 0.0938. The summed E-state index contributed by atoms with van der Waals surface area (Å²) in [6.07, 6.45) is -0.0938. The van der Waals surface area contributed by atoms with Crippen molar-refractivity contribution in [2.45, 2.75) is 26.8 Å². The van der Waals surface area contributed by atoms with E-state index in [-0.39, 0.29) is 12.3 Å². The number of aliphatic carboxylic acids is 1. The molecule has 1 N–H and O–H groups in total. The van der Waals surface area contributed by atoms with Crippen LogP contribution in [0.15, 0.2) is 46.9 Å². The molecule has 4 rings (SSSR count). The second kappa shape index (κ2) is 8.59. The molecule has 160 valence electrons. The van der Waals surface area contributed by atoms with Crippen LogP contribution in [-0.2, 0) is 17.8 Å². The number of nitrogens with zero attached hydrogens (tertiary/aromatic N) is 1. The number of anilines is 1. The maximum atomic E-state index is 13.5. The van der Waals surface area contributed by atoms with Crippen LogP contribution in [0.25, 0.3) is 10.8 Å². The van der Waals surface area contributed by atoms with Gasteiger partial charge < -0.3 is 19.5 Å². The Labute approximate surface area is 188 Å². The van der Waals surface area contributed by atoms with Gasteiger partial charge in [-0.1, -0.05) is 46.3 Å². The second-order valence-electron chi connectivity index (χ2n) is 7.16. The molecule has 3 aromatic rings. The van der Waals surface area contributed by atoms with Gasteiger partial charge in [0.05, 0.1) is 31.7 Å². The van der Waals surface area contributed by atoms with Crippen LogP contribution in [-0.4, -0.2) is 30.2 Å². The van der Waals surface area contributed by atoms with E-state index in [1.807, 2.05) is 38.1 Å². The first-order valence-electron chi connectivity index (χ1n) is 10.1. The Kier molecular flexibility index (Phi) is 5.87. The fourth-order valence-corrected chi connectivity index (χ4v) is 4.50. The lowest BCUT2D eigenvalue weighted by molar-refractivity contribution is -0.136. The van der Waals surface area contributed by atoms with Gasteiger partial charge in [0.2, 0.25) is 0 Å². The van der Waals surface area contributed by atoms with E-state index in [1.54, 1.807) is 23.1 Å². The van der Waals surface area contributed by atoms with Crippen molar-refractivity contribution in [1.82, 2.24) is 0 Å². The van der Waals surface area contributed by atoms with Crippen molar-refractivity contribution in [3.8, 4) is 11.5 Å². The highest BCUT2D eigenvalue weighted by molar-refractivity contribution is 9.10. The second-order valence-corrected chi connectivity index (χ2v) is 8.02. The number of hydrogen-bond acceptors (Lipinski definition) is 4. The maximum absolute atomic E-state index is 13.5. The Balaban J connectivity index is 1.85. The number of rotatable bonds is 7. The first-order valence-corrected chi connectivity index (χ1v) is 10.9. The van der Waals surface area contributed by atoms with E-state index in [2.05, 4.69) is 15.9 Å². The molecular weight excluding hydrogens is 462 g/mol. The van der Waals surface area contributed by atoms with E-state index in [1.165, 1.54) is 0 Å². The maximum Gasteiger partial charge on any atom is 0.307 e. The molecule has 0 unspecified atom stereocenters. The predicted octanol–water partition coefficient (Wildman–Crippen LogP) is 5.19. The average Bonchev–Trinajstić information content (AvgIpc) is 3.09. The first-order chi connectivity index (χ1) is 15.0. The zero-order chi connectivity index (χ0) is 22.1. The molecule has 7 heteroatoms. The molecule has 0 saturated heterocycles. The molecule has 0 atom stereocenters. The normalized spacial score (nSPS) is 12.9. The molecule has 1 aliphatic heterocycles. The van der Waals surface area contributed by atoms with Crippen molar-refractivity contribution in [3.63, 3.8) is 0 Å². The summed E-state index contributed by atoms with van der Waals surface area (Å²) in [5.74, 6) is 0.204. The minimum Gasteiger partial charge on any atom is -0.493 e. The molecule has 0 fully saturated rings. The third kappa shape index (κ3) is 3.74. The molecule has 6 nitrogen and oxygen atoms in total. The smallest absolute Gasteiger partial charge is 0.307 e. The van der Waals surface area contributed by atoms with Gasteiger partial charge in [-0.25, -0.2) is 0 Å². The lowest BCUT2D eigenvalue weighted by Gasteiger charge is -2.17. The molecule has 31 heavy (non-hydrogen) atoms. The summed E-state index contributed by atoms with van der Waals surface area (Å²) in [6, 6.07) is 13.1. The SMILES string of the molecule is CCOc1c2c(c(OCC)c3ccccc13)C(=O)N(c1ccc(CC(=O)O)c(Br)c1)C2. The van der Waals surface area contributed by atoms with Crippen LogP contribution in [0.3, 0.4) is 0 Å². The highest BCUT2D eigenvalue weighted by Crippen LogP contribution is 2.46. The number of carboxylic acid groups (broad SMARTS) is 1. The van der Waals surface area contributed by atoms with Crippen molar-refractivity contribution in [2.75, 3.05) is 18.1 Å². The number of carbonyl (C=O) groups is 2. The third-order valence-electron chi connectivity index (χ3n) is 5.26. The average molecular weight is 484 g/mol. The van der Waals surface area contributed by atoms with E-state index < -0.39 is 5.97 Å². The number of hydrogen-bond donors (Lipinski definition) is 1. The molecule has 0 saturated carbocycles. The fraction of sp³-hybridized carbons (Fsp3) is 0.250. The lowest BCUT2D eigenvalue weighted by Crippen LogP contribution is -2.23. The van der Waals surface area contributed by atoms with Crippen molar-refractivity contribution in [3.05, 3.63) is 63.6 Å². The van der Waals surface area contributed by atoms with Crippen LogP contribution >= 0.6 is 15.9 Å². The zero-order valence-electron chi connectivity index (χ0n) is 17.3. The number of carbonyl (C=O) groups excluding carboxylic acids is 1. The zero-order valence-corrected chi connectivity index (χ0v) is 18.9. The standard InChI is InChI=1S/C24H22BrNO5/c1-3-30-22-16-7-5-6-8-17(16)23(31-4-2)21-18(22)13-26(24(21)29)15-10-9-14(11-20(27)28)19(25)12-15/h5-10,12H,3-4,11,13H2,1-2H3,(H,27,28). The largest absolute Gasteiger partial charge is 0.493 e. The van der Waals surface area contributed by atoms with Gasteiger partial charge in [-0.15, -0.1) is 0 Å². The van der Waals surface area contributed by atoms with E-state index in [4.69, 9.17) is 14.6 Å². The number of ether oxygens (including phenoxy) is 2. The topological polar surface area (TPSA) is 76.1 Å². The Hall–Kier alpha value is -3.06. The minimum atomic E-state index is -0.910. The molecule has 1 aliphatic rings. The van der Waals surface area contributed by atoms with Gasteiger partial charge in [0.15, 0.2) is 0 Å². The van der Waals surface area contributed by atoms with Crippen molar-refractivity contribution < 1.29 is 24.2 Å². The number of fused-ring (bicyclic) bond motifs is 2. The van der Waals surface area contributed by atoms with Crippen molar-refractivity contribution in [1.29, 1.82) is 0 Å². The van der Waals surface area contributed by atoms with Crippen LogP contribution in [0.4, 0.5) is 5.69 Å². The van der Waals surface area contributed by atoms with E-state index in [9.17, 15) is 9.59 Å². The number of benzene rings is 3. The first kappa shape index (κ1) is 21.2. The highest BCUT2D eigenvalue weighted by atomic mass is 79.9. The molecule has 1 heterocycles. The van der Waals surface area contributed by atoms with Gasteiger partial charge in [0, 0.05) is 26.5 Å². The van der Waals surface area contributed by atoms with Crippen molar-refractivity contribution in [2.24, 2.45) is 0 Å². The van der Waals surface area contributed by atoms with Crippen molar-refractivity contribution >= 4 is 44.3 Å². The number of amides is 1. The molecule has 0 spiro atoms. The van der Waals surface area contributed by atoms with Crippen LogP contribution < -0.4 is 14.4 Å². The number of carboxylic acids is 1. The Bertz CT molecular complexity index is 1190. The summed E-state index contributed by atoms with van der Waals surface area (Å²) in [5.41, 5.74) is 2.65. The van der Waals surface area contributed by atoms with Crippen LogP contribution in [0.1, 0.15) is 35.3 Å². The van der Waals surface area contributed by atoms with Crippen LogP contribution in [0.5, 0.6) is 11.5 Å². The summed E-state index contributed by atoms with van der Waals surface area (Å²) >= 11 is 3.44. The summed E-state index contributed by atoms with van der Waals surface area (Å²) in [4.78, 5) is 26.3. The number of halogens is 1.